The number of ether oxygens (including phenoxy) is 4. The highest BCUT2D eigenvalue weighted by Gasteiger charge is 2.63. The van der Waals surface area contributed by atoms with Gasteiger partial charge in [-0.3, -0.25) is 20.2 Å². The number of nitrogens with one attached hydrogen (secondary N) is 2. The van der Waals surface area contributed by atoms with Crippen molar-refractivity contribution in [3.63, 3.8) is 0 Å². The van der Waals surface area contributed by atoms with Crippen LogP contribution in [-0.4, -0.2) is 93.5 Å². The van der Waals surface area contributed by atoms with Crippen molar-refractivity contribution in [1.29, 1.82) is 0 Å². The SMILES string of the molecule is COCCOCC1COC(=O)N1c1noc2c(F)c3c(cc12)CC1(C(=O)NC(=O)NC1=O)C1C(C)OC(C)CN31. The number of hydrogen-bond acceptors (Lipinski definition) is 11. The summed E-state index contributed by atoms with van der Waals surface area (Å²) in [6, 6.07) is -0.839. The lowest BCUT2D eigenvalue weighted by atomic mass is 9.66. The second-order valence-corrected chi connectivity index (χ2v) is 10.4. The van der Waals surface area contributed by atoms with Crippen LogP contribution in [0.15, 0.2) is 10.6 Å². The highest BCUT2D eigenvalue weighted by Crippen LogP contribution is 2.50. The molecule has 0 bridgehead atoms. The van der Waals surface area contributed by atoms with E-state index in [2.05, 4.69) is 15.8 Å². The maximum atomic E-state index is 16.3. The zero-order chi connectivity index (χ0) is 28.3. The molecule has 214 valence electrons. The molecule has 1 aromatic heterocycles. The van der Waals surface area contributed by atoms with E-state index in [1.807, 2.05) is 0 Å². The first-order valence-electron chi connectivity index (χ1n) is 12.9. The van der Waals surface area contributed by atoms with Crippen LogP contribution in [0.25, 0.3) is 11.0 Å². The van der Waals surface area contributed by atoms with Crippen molar-refractivity contribution in [3.8, 4) is 0 Å². The summed E-state index contributed by atoms with van der Waals surface area (Å²) in [7, 11) is 1.54. The molecule has 4 unspecified atom stereocenters. The maximum Gasteiger partial charge on any atom is 0.416 e. The molecule has 15 heteroatoms. The summed E-state index contributed by atoms with van der Waals surface area (Å²) in [4.78, 5) is 54.3. The first kappa shape index (κ1) is 26.4. The van der Waals surface area contributed by atoms with Crippen LogP contribution in [0, 0.1) is 11.2 Å². The Kier molecular flexibility index (Phi) is 6.39. The summed E-state index contributed by atoms with van der Waals surface area (Å²) in [6.07, 6.45) is -1.96. The van der Waals surface area contributed by atoms with Crippen molar-refractivity contribution in [2.45, 2.75) is 44.6 Å². The predicted octanol–water partition coefficient (Wildman–Crippen LogP) is 0.846. The van der Waals surface area contributed by atoms with E-state index in [1.54, 1.807) is 24.8 Å². The van der Waals surface area contributed by atoms with Gasteiger partial charge in [-0.2, -0.15) is 0 Å². The first-order valence-corrected chi connectivity index (χ1v) is 12.9. The Morgan fingerprint density at radius 1 is 1.18 bits per heavy atom. The Hall–Kier alpha value is -3.82. The van der Waals surface area contributed by atoms with Crippen molar-refractivity contribution in [1.82, 2.24) is 15.8 Å². The minimum atomic E-state index is -1.79. The Morgan fingerprint density at radius 3 is 2.65 bits per heavy atom. The average Bonchev–Trinajstić information content (AvgIpc) is 3.47. The van der Waals surface area contributed by atoms with Crippen molar-refractivity contribution in [2.75, 3.05) is 49.9 Å². The van der Waals surface area contributed by atoms with Gasteiger partial charge in [0.2, 0.25) is 17.4 Å². The second kappa shape index (κ2) is 9.67. The van der Waals surface area contributed by atoms with E-state index < -0.39 is 53.4 Å². The Balaban J connectivity index is 1.47. The van der Waals surface area contributed by atoms with Gasteiger partial charge in [-0.25, -0.2) is 18.9 Å². The van der Waals surface area contributed by atoms with E-state index in [0.717, 1.165) is 0 Å². The summed E-state index contributed by atoms with van der Waals surface area (Å²) in [6.45, 7) is 4.46. The van der Waals surface area contributed by atoms with Gasteiger partial charge in [0.15, 0.2) is 17.1 Å². The molecule has 5 heterocycles. The fraction of sp³-hybridized carbons (Fsp3) is 0.560. The van der Waals surface area contributed by atoms with E-state index in [1.165, 1.54) is 12.0 Å². The van der Waals surface area contributed by atoms with Crippen LogP contribution in [-0.2, 0) is 35.0 Å². The molecule has 3 saturated heterocycles. The first-order chi connectivity index (χ1) is 19.2. The number of rotatable bonds is 6. The number of barbiturate groups is 1. The summed E-state index contributed by atoms with van der Waals surface area (Å²) in [5, 5.41) is 8.58. The molecule has 2 aromatic rings. The quantitative estimate of drug-likeness (QED) is 0.380. The van der Waals surface area contributed by atoms with Crippen LogP contribution in [0.4, 0.5) is 25.5 Å². The molecule has 0 aliphatic carbocycles. The van der Waals surface area contributed by atoms with Gasteiger partial charge >= 0.3 is 12.1 Å². The topological polar surface area (TPSA) is 162 Å². The molecule has 6 rings (SSSR count). The molecule has 0 radical (unpaired) electrons. The predicted molar refractivity (Wildman–Crippen MR) is 133 cm³/mol. The van der Waals surface area contributed by atoms with Crippen LogP contribution in [0.2, 0.25) is 0 Å². The highest BCUT2D eigenvalue weighted by atomic mass is 19.1. The number of hydrogen-bond donors (Lipinski definition) is 2. The molecule has 4 atom stereocenters. The molecule has 1 spiro atoms. The van der Waals surface area contributed by atoms with Gasteiger partial charge in [0.05, 0.1) is 55.2 Å². The molecule has 40 heavy (non-hydrogen) atoms. The number of amides is 5. The largest absolute Gasteiger partial charge is 0.447 e. The van der Waals surface area contributed by atoms with Crippen LogP contribution in [0.3, 0.4) is 0 Å². The number of morpholine rings is 1. The lowest BCUT2D eigenvalue weighted by molar-refractivity contribution is -0.153. The summed E-state index contributed by atoms with van der Waals surface area (Å²) >= 11 is 0. The number of imide groups is 2. The zero-order valence-electron chi connectivity index (χ0n) is 22.0. The van der Waals surface area contributed by atoms with Crippen molar-refractivity contribution in [2.24, 2.45) is 5.41 Å². The number of halogens is 1. The van der Waals surface area contributed by atoms with Crippen molar-refractivity contribution in [3.05, 3.63) is 17.4 Å². The number of carbonyl (C=O) groups excluding carboxylic acids is 4. The summed E-state index contributed by atoms with van der Waals surface area (Å²) < 4.78 is 43.5. The number of anilines is 2. The number of urea groups is 1. The van der Waals surface area contributed by atoms with Gasteiger partial charge in [-0.1, -0.05) is 5.16 Å². The normalized spacial score (nSPS) is 27.5. The molecule has 2 N–H and O–H groups in total. The number of aromatic nitrogens is 1. The van der Waals surface area contributed by atoms with E-state index >= 15 is 4.39 Å². The van der Waals surface area contributed by atoms with Gasteiger partial charge in [0, 0.05) is 20.1 Å². The minimum absolute atomic E-state index is 0.0205. The van der Waals surface area contributed by atoms with Gasteiger partial charge < -0.3 is 28.4 Å². The van der Waals surface area contributed by atoms with Gasteiger partial charge in [-0.15, -0.1) is 0 Å². The van der Waals surface area contributed by atoms with Crippen LogP contribution >= 0.6 is 0 Å². The molecule has 0 saturated carbocycles. The monoisotopic (exact) mass is 561 g/mol. The van der Waals surface area contributed by atoms with Crippen LogP contribution in [0.1, 0.15) is 19.4 Å². The van der Waals surface area contributed by atoms with Crippen molar-refractivity contribution >= 4 is 46.4 Å². The Labute approximate surface area is 227 Å². The average molecular weight is 562 g/mol. The van der Waals surface area contributed by atoms with Gasteiger partial charge in [0.25, 0.3) is 0 Å². The Morgan fingerprint density at radius 2 is 1.93 bits per heavy atom. The molecule has 1 aromatic carbocycles. The Bertz CT molecular complexity index is 1390. The molecule has 5 amide bonds. The fourth-order valence-electron chi connectivity index (χ4n) is 6.31. The fourth-order valence-corrected chi connectivity index (χ4v) is 6.31. The third-order valence-corrected chi connectivity index (χ3v) is 7.88. The summed E-state index contributed by atoms with van der Waals surface area (Å²) in [5.74, 6) is -2.32. The number of fused-ring (bicyclic) bond motifs is 5. The number of benzene rings is 1. The highest BCUT2D eigenvalue weighted by molar-refractivity contribution is 6.20. The van der Waals surface area contributed by atoms with Gasteiger partial charge in [0.1, 0.15) is 6.61 Å². The maximum absolute atomic E-state index is 16.3. The lowest BCUT2D eigenvalue weighted by Gasteiger charge is -2.55. The zero-order valence-corrected chi connectivity index (χ0v) is 22.0. The van der Waals surface area contributed by atoms with Gasteiger partial charge in [-0.05, 0) is 25.5 Å². The number of nitrogens with zero attached hydrogens (tertiary/aromatic N) is 3. The number of methoxy groups -OCH3 is 1. The number of carbonyl (C=O) groups is 4. The van der Waals surface area contributed by atoms with E-state index in [9.17, 15) is 19.2 Å². The number of cyclic esters (lactones) is 1. The minimum Gasteiger partial charge on any atom is -0.447 e. The van der Waals surface area contributed by atoms with E-state index in [0.29, 0.717) is 18.8 Å². The summed E-state index contributed by atoms with van der Waals surface area (Å²) in [5.41, 5.74) is -1.52. The molecule has 3 fully saturated rings. The van der Waals surface area contributed by atoms with E-state index in [4.69, 9.17) is 23.5 Å². The van der Waals surface area contributed by atoms with E-state index in [-0.39, 0.29) is 54.8 Å². The molecule has 14 nitrogen and oxygen atoms in total. The molecule has 4 aliphatic rings. The van der Waals surface area contributed by atoms with Crippen LogP contribution < -0.4 is 20.4 Å². The molecular formula is C25H28FN5O9. The standard InChI is InChI=1S/C25H28FN5O9/c1-11-8-30-17-13(7-25(19(30)12(2)39-11)21(32)27-23(34)28-22(25)33)6-15-18(16(17)26)40-29-20(15)31-14(10-38-24(31)35)9-37-5-4-36-3/h6,11-12,14,19H,4-5,7-10H2,1-3H3,(H2,27,28,32,33,34). The smallest absolute Gasteiger partial charge is 0.416 e. The third-order valence-electron chi connectivity index (χ3n) is 7.88. The third kappa shape index (κ3) is 3.83. The molecule has 4 aliphatic heterocycles. The van der Waals surface area contributed by atoms with Crippen molar-refractivity contribution < 1.29 is 47.0 Å². The van der Waals surface area contributed by atoms with Crippen LogP contribution in [0.5, 0.6) is 0 Å². The lowest BCUT2D eigenvalue weighted by Crippen LogP contribution is -2.75. The molecular weight excluding hydrogens is 533 g/mol. The second-order valence-electron chi connectivity index (χ2n) is 10.4.